The van der Waals surface area contributed by atoms with E-state index in [0.29, 0.717) is 31.8 Å². The number of carbonyl (C=O) groups excluding carboxylic acids is 1. The minimum Gasteiger partial charge on any atom is -0.368 e. The summed E-state index contributed by atoms with van der Waals surface area (Å²) in [7, 11) is 0. The van der Waals surface area contributed by atoms with E-state index in [4.69, 9.17) is 21.3 Å². The highest BCUT2D eigenvalue weighted by molar-refractivity contribution is 6.31. The number of carbonyl (C=O) groups is 1. The average molecular weight is 447 g/mol. The van der Waals surface area contributed by atoms with E-state index in [9.17, 15) is 4.79 Å². The molecule has 4 aromatic rings. The number of hydrogen-bond donors (Lipinski definition) is 0. The van der Waals surface area contributed by atoms with Crippen molar-refractivity contribution in [2.75, 3.05) is 19.7 Å². The molecule has 0 saturated carbocycles. The lowest BCUT2D eigenvalue weighted by molar-refractivity contribution is -0.0249. The van der Waals surface area contributed by atoms with Gasteiger partial charge in [0.25, 0.3) is 5.91 Å². The van der Waals surface area contributed by atoms with Crippen molar-refractivity contribution in [2.45, 2.75) is 19.4 Å². The summed E-state index contributed by atoms with van der Waals surface area (Å²) in [4.78, 5) is 24.3. The molecule has 0 bridgehead atoms. The highest BCUT2D eigenvalue weighted by atomic mass is 35.5. The first-order valence-corrected chi connectivity index (χ1v) is 11.0. The summed E-state index contributed by atoms with van der Waals surface area (Å²) in [6.07, 6.45) is 4.06. The van der Waals surface area contributed by atoms with Crippen molar-refractivity contribution in [3.05, 3.63) is 100 Å². The normalized spacial score (nSPS) is 16.4. The molecule has 0 N–H and O–H groups in total. The van der Waals surface area contributed by atoms with Gasteiger partial charge in [0.2, 0.25) is 0 Å². The van der Waals surface area contributed by atoms with Gasteiger partial charge < -0.3 is 14.0 Å². The second-order valence-corrected chi connectivity index (χ2v) is 8.39. The van der Waals surface area contributed by atoms with Gasteiger partial charge in [-0.05, 0) is 42.3 Å². The lowest BCUT2D eigenvalue weighted by Crippen LogP contribution is -2.42. The molecule has 1 fully saturated rings. The number of nitrogens with zero attached hydrogens (tertiary/aromatic N) is 4. The van der Waals surface area contributed by atoms with Crippen molar-refractivity contribution in [3.63, 3.8) is 0 Å². The third-order valence-electron chi connectivity index (χ3n) is 5.74. The molecule has 162 valence electrons. The molecule has 0 radical (unpaired) electrons. The third kappa shape index (κ3) is 4.11. The Balaban J connectivity index is 1.34. The Bertz CT molecular complexity index is 1290. The highest BCUT2D eigenvalue weighted by Gasteiger charge is 2.28. The molecule has 3 aromatic heterocycles. The van der Waals surface area contributed by atoms with Crippen LogP contribution in [0, 0.1) is 6.92 Å². The van der Waals surface area contributed by atoms with Crippen LogP contribution in [0.1, 0.15) is 39.1 Å². The Morgan fingerprint density at radius 1 is 1.12 bits per heavy atom. The zero-order valence-electron chi connectivity index (χ0n) is 17.7. The average Bonchev–Trinajstić information content (AvgIpc) is 3.26. The first kappa shape index (κ1) is 20.7. The molecule has 0 aliphatic carbocycles. The van der Waals surface area contributed by atoms with E-state index in [2.05, 4.69) is 4.98 Å². The van der Waals surface area contributed by atoms with Crippen molar-refractivity contribution >= 4 is 23.2 Å². The molecular weight excluding hydrogens is 424 g/mol. The molecule has 1 saturated heterocycles. The molecule has 1 aromatic carbocycles. The fourth-order valence-electron chi connectivity index (χ4n) is 4.04. The molecular formula is C25H23ClN4O2. The van der Waals surface area contributed by atoms with Gasteiger partial charge in [-0.25, -0.2) is 4.98 Å². The molecule has 7 heteroatoms. The number of rotatable bonds is 4. The van der Waals surface area contributed by atoms with Crippen LogP contribution in [0.2, 0.25) is 5.02 Å². The summed E-state index contributed by atoms with van der Waals surface area (Å²) < 4.78 is 7.87. The second-order valence-electron chi connectivity index (χ2n) is 7.98. The molecule has 1 aliphatic heterocycles. The first-order valence-electron chi connectivity index (χ1n) is 10.6. The van der Waals surface area contributed by atoms with E-state index in [1.807, 2.05) is 72.1 Å². The topological polar surface area (TPSA) is 59.7 Å². The van der Waals surface area contributed by atoms with Crippen LogP contribution in [0.5, 0.6) is 0 Å². The van der Waals surface area contributed by atoms with Gasteiger partial charge in [0, 0.05) is 36.1 Å². The fraction of sp³-hybridized carbons (Fsp3) is 0.240. The number of halogens is 1. The predicted octanol–water partition coefficient (Wildman–Crippen LogP) is 4.50. The maximum atomic E-state index is 13.2. The SMILES string of the molecule is Cc1cccn2cc(C(=O)N3CCO[C@@H](c4cccc(Cc5ccccc5Cl)n4)C3)nc12. The summed E-state index contributed by atoms with van der Waals surface area (Å²) in [5.74, 6) is -0.0892. The summed E-state index contributed by atoms with van der Waals surface area (Å²) >= 11 is 6.31. The van der Waals surface area contributed by atoms with Crippen molar-refractivity contribution < 1.29 is 9.53 Å². The Hall–Kier alpha value is -3.22. The standard InChI is InChI=1S/C25H23ClN4O2/c1-17-6-5-11-29-15-22(28-24(17)29)25(31)30-12-13-32-23(16-30)21-10-4-8-19(27-21)14-18-7-2-3-9-20(18)26/h2-11,15,23H,12-14,16H2,1H3/t23-/m1/s1. The maximum absolute atomic E-state index is 13.2. The minimum atomic E-state index is -0.280. The zero-order chi connectivity index (χ0) is 22.1. The number of amides is 1. The van der Waals surface area contributed by atoms with Gasteiger partial charge in [0.1, 0.15) is 17.4 Å². The zero-order valence-corrected chi connectivity index (χ0v) is 18.5. The van der Waals surface area contributed by atoms with Crippen LogP contribution in [0.25, 0.3) is 5.65 Å². The lowest BCUT2D eigenvalue weighted by Gasteiger charge is -2.32. The summed E-state index contributed by atoms with van der Waals surface area (Å²) in [6.45, 7) is 3.41. The Morgan fingerprint density at radius 2 is 2.00 bits per heavy atom. The lowest BCUT2D eigenvalue weighted by atomic mass is 10.1. The number of hydrogen-bond acceptors (Lipinski definition) is 4. The number of benzene rings is 1. The van der Waals surface area contributed by atoms with E-state index < -0.39 is 0 Å². The molecule has 6 nitrogen and oxygen atoms in total. The number of morpholine rings is 1. The van der Waals surface area contributed by atoms with Crippen LogP contribution >= 0.6 is 11.6 Å². The van der Waals surface area contributed by atoms with Crippen LogP contribution in [0.3, 0.4) is 0 Å². The van der Waals surface area contributed by atoms with Crippen molar-refractivity contribution in [2.24, 2.45) is 0 Å². The van der Waals surface area contributed by atoms with Gasteiger partial charge in [0.05, 0.1) is 18.8 Å². The number of pyridine rings is 2. The van der Waals surface area contributed by atoms with Crippen molar-refractivity contribution in [1.29, 1.82) is 0 Å². The van der Waals surface area contributed by atoms with Gasteiger partial charge in [-0.15, -0.1) is 0 Å². The van der Waals surface area contributed by atoms with Crippen LogP contribution < -0.4 is 0 Å². The van der Waals surface area contributed by atoms with E-state index in [1.54, 1.807) is 11.1 Å². The number of fused-ring (bicyclic) bond motifs is 1. The molecule has 0 spiro atoms. The van der Waals surface area contributed by atoms with Gasteiger partial charge in [0.15, 0.2) is 0 Å². The van der Waals surface area contributed by atoms with E-state index in [1.165, 1.54) is 0 Å². The molecule has 32 heavy (non-hydrogen) atoms. The van der Waals surface area contributed by atoms with Gasteiger partial charge >= 0.3 is 0 Å². The minimum absolute atomic E-state index is 0.0892. The molecule has 1 atom stereocenters. The van der Waals surface area contributed by atoms with Crippen LogP contribution in [0.4, 0.5) is 0 Å². The molecule has 1 amide bonds. The largest absolute Gasteiger partial charge is 0.368 e. The molecule has 0 unspecified atom stereocenters. The maximum Gasteiger partial charge on any atom is 0.274 e. The van der Waals surface area contributed by atoms with E-state index >= 15 is 0 Å². The van der Waals surface area contributed by atoms with Gasteiger partial charge in [-0.2, -0.15) is 0 Å². The Morgan fingerprint density at radius 3 is 2.84 bits per heavy atom. The third-order valence-corrected chi connectivity index (χ3v) is 6.11. The second kappa shape index (κ2) is 8.73. The summed E-state index contributed by atoms with van der Waals surface area (Å²) in [5.41, 5.74) is 5.04. The highest BCUT2D eigenvalue weighted by Crippen LogP contribution is 2.24. The van der Waals surface area contributed by atoms with E-state index in [-0.39, 0.29) is 12.0 Å². The van der Waals surface area contributed by atoms with Crippen LogP contribution in [-0.2, 0) is 11.2 Å². The van der Waals surface area contributed by atoms with Crippen molar-refractivity contribution in [1.82, 2.24) is 19.3 Å². The van der Waals surface area contributed by atoms with Crippen LogP contribution in [0.15, 0.2) is 67.0 Å². The number of aromatic nitrogens is 3. The summed E-state index contributed by atoms with van der Waals surface area (Å²) in [5, 5.41) is 0.730. The van der Waals surface area contributed by atoms with Gasteiger partial charge in [-0.1, -0.05) is 41.9 Å². The Kier molecular flexibility index (Phi) is 5.64. The Labute approximate surface area is 191 Å². The summed E-state index contributed by atoms with van der Waals surface area (Å²) in [6, 6.07) is 17.6. The molecule has 1 aliphatic rings. The number of imidazole rings is 1. The van der Waals surface area contributed by atoms with Crippen molar-refractivity contribution in [3.8, 4) is 0 Å². The fourth-order valence-corrected chi connectivity index (χ4v) is 4.25. The predicted molar refractivity (Wildman–Crippen MR) is 123 cm³/mol. The first-order chi connectivity index (χ1) is 15.6. The quantitative estimate of drug-likeness (QED) is 0.463. The van der Waals surface area contributed by atoms with Gasteiger partial charge in [-0.3, -0.25) is 9.78 Å². The number of ether oxygens (including phenoxy) is 1. The number of aryl methyl sites for hydroxylation is 1. The van der Waals surface area contributed by atoms with E-state index in [0.717, 1.165) is 33.2 Å². The smallest absolute Gasteiger partial charge is 0.274 e. The molecule has 4 heterocycles. The van der Waals surface area contributed by atoms with Crippen LogP contribution in [-0.4, -0.2) is 44.9 Å². The monoisotopic (exact) mass is 446 g/mol. The molecule has 5 rings (SSSR count).